The summed E-state index contributed by atoms with van der Waals surface area (Å²) in [4.78, 5) is 20.6. The fraction of sp³-hybridized carbons (Fsp3) is 0.368. The van der Waals surface area contributed by atoms with E-state index < -0.39 is 0 Å². The lowest BCUT2D eigenvalue weighted by molar-refractivity contribution is -0.121. The molecule has 0 radical (unpaired) electrons. The first-order valence-corrected chi connectivity index (χ1v) is 8.71. The van der Waals surface area contributed by atoms with Gasteiger partial charge in [-0.2, -0.15) is 0 Å². The summed E-state index contributed by atoms with van der Waals surface area (Å²) in [6.07, 6.45) is 1.40. The fourth-order valence-corrected chi connectivity index (χ4v) is 3.16. The number of amides is 1. The maximum atomic E-state index is 12.5. The van der Waals surface area contributed by atoms with Crippen LogP contribution in [0.5, 0.6) is 0 Å². The van der Waals surface area contributed by atoms with Crippen molar-refractivity contribution in [2.75, 3.05) is 29.9 Å². The number of aliphatic hydroxyl groups is 1. The summed E-state index contributed by atoms with van der Waals surface area (Å²) >= 11 is 6.40. The molecular formula is C19H22ClN3O2. The quantitative estimate of drug-likeness (QED) is 0.910. The molecule has 5 nitrogen and oxygen atoms in total. The maximum absolute atomic E-state index is 12.5. The van der Waals surface area contributed by atoms with Crippen molar-refractivity contribution in [3.05, 3.63) is 41.6 Å². The van der Waals surface area contributed by atoms with Gasteiger partial charge in [0.25, 0.3) is 0 Å². The maximum Gasteiger partial charge on any atom is 0.229 e. The molecule has 0 aliphatic carbocycles. The van der Waals surface area contributed by atoms with Crippen LogP contribution in [0.25, 0.3) is 11.1 Å². The number of pyridine rings is 1. The second-order valence-electron chi connectivity index (χ2n) is 6.65. The molecule has 1 fully saturated rings. The number of carbonyl (C=O) groups excluding carboxylic acids is 1. The Kier molecular flexibility index (Phi) is 4.97. The molecule has 0 spiro atoms. The highest BCUT2D eigenvalue weighted by atomic mass is 35.5. The van der Waals surface area contributed by atoms with Crippen molar-refractivity contribution in [3.63, 3.8) is 0 Å². The number of anilines is 2. The average Bonchev–Trinajstić information content (AvgIpc) is 2.57. The number of benzene rings is 1. The predicted octanol–water partition coefficient (Wildman–Crippen LogP) is 3.20. The van der Waals surface area contributed by atoms with Gasteiger partial charge in [0.1, 0.15) is 5.82 Å². The average molecular weight is 360 g/mol. The minimum atomic E-state index is -0.310. The molecule has 3 rings (SSSR count). The van der Waals surface area contributed by atoms with Crippen LogP contribution in [0.1, 0.15) is 13.8 Å². The third-order valence-electron chi connectivity index (χ3n) is 4.40. The van der Waals surface area contributed by atoms with Gasteiger partial charge in [0.2, 0.25) is 5.91 Å². The number of carbonyl (C=O) groups is 1. The summed E-state index contributed by atoms with van der Waals surface area (Å²) in [6, 6.07) is 9.50. The fourth-order valence-electron chi connectivity index (χ4n) is 2.92. The zero-order valence-electron chi connectivity index (χ0n) is 14.6. The van der Waals surface area contributed by atoms with E-state index in [0.717, 1.165) is 22.6 Å². The van der Waals surface area contributed by atoms with Crippen LogP contribution in [0.15, 0.2) is 36.5 Å². The number of aliphatic hydroxyl groups excluding tert-OH is 1. The largest absolute Gasteiger partial charge is 0.389 e. The molecule has 2 heterocycles. The third kappa shape index (κ3) is 3.48. The molecule has 0 unspecified atom stereocenters. The number of hydrogen-bond donors (Lipinski definition) is 1. The summed E-state index contributed by atoms with van der Waals surface area (Å²) in [5.74, 6) is 0.672. The van der Waals surface area contributed by atoms with Gasteiger partial charge in [0.05, 0.1) is 18.0 Å². The van der Waals surface area contributed by atoms with Crippen LogP contribution in [-0.2, 0) is 4.79 Å². The minimum absolute atomic E-state index is 0.0160. The first kappa shape index (κ1) is 17.7. The number of rotatable bonds is 4. The Bertz CT molecular complexity index is 788. The Morgan fingerprint density at radius 1 is 1.32 bits per heavy atom. The molecule has 1 aliphatic heterocycles. The monoisotopic (exact) mass is 359 g/mol. The molecule has 1 aliphatic rings. The predicted molar refractivity (Wildman–Crippen MR) is 101 cm³/mol. The second kappa shape index (κ2) is 7.02. The van der Waals surface area contributed by atoms with E-state index in [-0.39, 0.29) is 17.9 Å². The number of hydrogen-bond acceptors (Lipinski definition) is 4. The van der Waals surface area contributed by atoms with Crippen LogP contribution in [0.3, 0.4) is 0 Å². The van der Waals surface area contributed by atoms with Gasteiger partial charge in [-0.25, -0.2) is 4.98 Å². The van der Waals surface area contributed by atoms with Crippen molar-refractivity contribution in [2.24, 2.45) is 5.92 Å². The summed E-state index contributed by atoms with van der Waals surface area (Å²) in [5.41, 5.74) is 2.43. The molecule has 2 aromatic rings. The smallest absolute Gasteiger partial charge is 0.229 e. The molecule has 1 amide bonds. The van der Waals surface area contributed by atoms with Crippen molar-refractivity contribution in [2.45, 2.75) is 20.0 Å². The van der Waals surface area contributed by atoms with Crippen molar-refractivity contribution in [1.29, 1.82) is 0 Å². The van der Waals surface area contributed by atoms with Crippen LogP contribution in [-0.4, -0.2) is 42.2 Å². The van der Waals surface area contributed by atoms with Gasteiger partial charge in [-0.1, -0.05) is 43.6 Å². The third-order valence-corrected chi connectivity index (χ3v) is 4.73. The highest BCUT2D eigenvalue weighted by molar-refractivity contribution is 6.33. The highest BCUT2D eigenvalue weighted by Gasteiger charge is 2.27. The molecule has 1 N–H and O–H groups in total. The number of aromatic nitrogens is 1. The van der Waals surface area contributed by atoms with E-state index >= 15 is 0 Å². The molecule has 132 valence electrons. The first-order chi connectivity index (χ1) is 11.9. The Morgan fingerprint density at radius 2 is 2.00 bits per heavy atom. The SMILES string of the molecule is CC(C)C(=O)N(C)c1cnc(N2CC(O)C2)cc1-c1ccccc1Cl. The first-order valence-electron chi connectivity index (χ1n) is 8.34. The van der Waals surface area contributed by atoms with E-state index in [4.69, 9.17) is 11.6 Å². The molecular weight excluding hydrogens is 338 g/mol. The minimum Gasteiger partial charge on any atom is -0.389 e. The molecule has 0 saturated carbocycles. The summed E-state index contributed by atoms with van der Waals surface area (Å²) in [5, 5.41) is 10.2. The normalized spacial score (nSPS) is 14.6. The van der Waals surface area contributed by atoms with E-state index in [1.54, 1.807) is 18.1 Å². The molecule has 0 bridgehead atoms. The van der Waals surface area contributed by atoms with Crippen LogP contribution >= 0.6 is 11.6 Å². The molecule has 1 aromatic heterocycles. The topological polar surface area (TPSA) is 56.7 Å². The summed E-state index contributed by atoms with van der Waals surface area (Å²) in [6.45, 7) is 4.87. The van der Waals surface area contributed by atoms with E-state index in [1.165, 1.54) is 0 Å². The van der Waals surface area contributed by atoms with E-state index in [2.05, 4.69) is 4.98 Å². The van der Waals surface area contributed by atoms with Gasteiger partial charge in [-0.15, -0.1) is 0 Å². The van der Waals surface area contributed by atoms with E-state index in [1.807, 2.05) is 49.1 Å². The molecule has 1 saturated heterocycles. The van der Waals surface area contributed by atoms with Crippen molar-refractivity contribution < 1.29 is 9.90 Å². The lowest BCUT2D eigenvalue weighted by Crippen LogP contribution is -2.51. The number of nitrogens with zero attached hydrogens (tertiary/aromatic N) is 3. The molecule has 6 heteroatoms. The molecule has 1 aromatic carbocycles. The Hall–Kier alpha value is -2.11. The van der Waals surface area contributed by atoms with E-state index in [0.29, 0.717) is 18.1 Å². The zero-order chi connectivity index (χ0) is 18.1. The van der Waals surface area contributed by atoms with Gasteiger partial charge >= 0.3 is 0 Å². The van der Waals surface area contributed by atoms with Crippen molar-refractivity contribution in [1.82, 2.24) is 4.98 Å². The van der Waals surface area contributed by atoms with Gasteiger partial charge in [-0.3, -0.25) is 4.79 Å². The lowest BCUT2D eigenvalue weighted by atomic mass is 10.0. The molecule has 25 heavy (non-hydrogen) atoms. The van der Waals surface area contributed by atoms with Gasteiger partial charge in [-0.05, 0) is 12.1 Å². The Balaban J connectivity index is 2.08. The zero-order valence-corrected chi connectivity index (χ0v) is 15.4. The van der Waals surface area contributed by atoms with Crippen LogP contribution in [0.4, 0.5) is 11.5 Å². The van der Waals surface area contributed by atoms with Crippen LogP contribution < -0.4 is 9.80 Å². The van der Waals surface area contributed by atoms with Crippen LogP contribution in [0, 0.1) is 5.92 Å². The summed E-state index contributed by atoms with van der Waals surface area (Å²) in [7, 11) is 1.76. The lowest BCUT2D eigenvalue weighted by Gasteiger charge is -2.37. The van der Waals surface area contributed by atoms with Crippen LogP contribution in [0.2, 0.25) is 5.02 Å². The summed E-state index contributed by atoms with van der Waals surface area (Å²) < 4.78 is 0. The van der Waals surface area contributed by atoms with Crippen molar-refractivity contribution in [3.8, 4) is 11.1 Å². The van der Waals surface area contributed by atoms with Crippen molar-refractivity contribution >= 4 is 29.0 Å². The van der Waals surface area contributed by atoms with Gasteiger partial charge in [0.15, 0.2) is 0 Å². The highest BCUT2D eigenvalue weighted by Crippen LogP contribution is 2.37. The second-order valence-corrected chi connectivity index (χ2v) is 7.06. The van der Waals surface area contributed by atoms with E-state index in [9.17, 15) is 9.90 Å². The Labute approximate surface area is 152 Å². The van der Waals surface area contributed by atoms with Gasteiger partial charge in [0, 0.05) is 42.2 Å². The standard InChI is InChI=1S/C19H22ClN3O2/c1-12(2)19(25)22(3)17-9-21-18(23-10-13(24)11-23)8-15(17)14-6-4-5-7-16(14)20/h4-9,12-13,24H,10-11H2,1-3H3. The van der Waals surface area contributed by atoms with Gasteiger partial charge < -0.3 is 14.9 Å². The number of β-amino-alcohol motifs (C(OH)–C–C–N with tert-alkyl or cyclic N) is 1. The Morgan fingerprint density at radius 3 is 2.60 bits per heavy atom. The molecule has 0 atom stereocenters. The number of halogens is 1.